The monoisotopic (exact) mass is 378 g/mol. The van der Waals surface area contributed by atoms with Gasteiger partial charge in [-0.1, -0.05) is 11.8 Å². The van der Waals surface area contributed by atoms with Gasteiger partial charge < -0.3 is 18.8 Å². The van der Waals surface area contributed by atoms with E-state index < -0.39 is 0 Å². The Morgan fingerprint density at radius 1 is 1.27 bits per heavy atom. The number of rotatable bonds is 6. The Labute approximate surface area is 155 Å². The Morgan fingerprint density at radius 2 is 2.15 bits per heavy atom. The number of aromatic nitrogens is 3. The third kappa shape index (κ3) is 3.94. The van der Waals surface area contributed by atoms with Crippen molar-refractivity contribution < 1.29 is 18.7 Å². The number of thioether (sulfide) groups is 1. The summed E-state index contributed by atoms with van der Waals surface area (Å²) in [6.07, 6.45) is 3.86. The summed E-state index contributed by atoms with van der Waals surface area (Å²) in [5.74, 6) is 1.78. The second kappa shape index (κ2) is 8.24. The minimum Gasteiger partial charge on any atom is -0.461 e. The quantitative estimate of drug-likeness (QED) is 0.707. The van der Waals surface area contributed by atoms with Gasteiger partial charge in [-0.15, -0.1) is 10.2 Å². The molecule has 0 aromatic carbocycles. The molecule has 0 bridgehead atoms. The van der Waals surface area contributed by atoms with Crippen LogP contribution in [0.15, 0.2) is 28.0 Å². The first-order chi connectivity index (χ1) is 12.8. The molecule has 4 rings (SSSR count). The van der Waals surface area contributed by atoms with Gasteiger partial charge in [0.1, 0.15) is 0 Å². The van der Waals surface area contributed by atoms with Crippen LogP contribution in [0.5, 0.6) is 0 Å². The lowest BCUT2D eigenvalue weighted by Gasteiger charge is -2.26. The van der Waals surface area contributed by atoms with Crippen molar-refractivity contribution >= 4 is 17.7 Å². The highest BCUT2D eigenvalue weighted by Crippen LogP contribution is 2.27. The largest absolute Gasteiger partial charge is 0.461 e. The van der Waals surface area contributed by atoms with Crippen LogP contribution in [0.1, 0.15) is 12.8 Å². The van der Waals surface area contributed by atoms with E-state index in [1.54, 1.807) is 6.26 Å². The minimum atomic E-state index is 0.101. The van der Waals surface area contributed by atoms with Gasteiger partial charge in [0.25, 0.3) is 0 Å². The highest BCUT2D eigenvalue weighted by molar-refractivity contribution is 7.99. The fourth-order valence-electron chi connectivity index (χ4n) is 3.17. The maximum absolute atomic E-state index is 12.4. The number of hydrogen-bond donors (Lipinski definition) is 0. The van der Waals surface area contributed by atoms with Gasteiger partial charge in [-0.2, -0.15) is 0 Å². The van der Waals surface area contributed by atoms with Crippen LogP contribution in [0.3, 0.4) is 0 Å². The van der Waals surface area contributed by atoms with Crippen molar-refractivity contribution in [2.45, 2.75) is 30.6 Å². The van der Waals surface area contributed by atoms with E-state index >= 15 is 0 Å². The second-order valence-corrected chi connectivity index (χ2v) is 7.25. The van der Waals surface area contributed by atoms with E-state index in [9.17, 15) is 4.79 Å². The molecule has 26 heavy (non-hydrogen) atoms. The molecule has 2 aliphatic rings. The summed E-state index contributed by atoms with van der Waals surface area (Å²) in [7, 11) is 0. The third-order valence-electron chi connectivity index (χ3n) is 4.56. The molecule has 9 heteroatoms. The third-order valence-corrected chi connectivity index (χ3v) is 5.51. The SMILES string of the molecule is O=C(CSc1nnc(-c2ccco2)n1CC1CCCO1)N1CCOCC1. The topological polar surface area (TPSA) is 82.6 Å². The number of carbonyl (C=O) groups excluding carboxylic acids is 1. The number of furan rings is 1. The summed E-state index contributed by atoms with van der Waals surface area (Å²) < 4.78 is 18.6. The van der Waals surface area contributed by atoms with Crippen molar-refractivity contribution in [1.82, 2.24) is 19.7 Å². The lowest BCUT2D eigenvalue weighted by Crippen LogP contribution is -2.41. The summed E-state index contributed by atoms with van der Waals surface area (Å²) >= 11 is 1.41. The Morgan fingerprint density at radius 3 is 2.88 bits per heavy atom. The molecule has 140 valence electrons. The molecular formula is C17H22N4O4S. The minimum absolute atomic E-state index is 0.101. The highest BCUT2D eigenvalue weighted by atomic mass is 32.2. The lowest BCUT2D eigenvalue weighted by atomic mass is 10.2. The molecule has 0 aliphatic carbocycles. The van der Waals surface area contributed by atoms with Crippen molar-refractivity contribution in [2.75, 3.05) is 38.7 Å². The lowest BCUT2D eigenvalue weighted by molar-refractivity contribution is -0.132. The van der Waals surface area contributed by atoms with Gasteiger partial charge in [0.05, 0.1) is 37.9 Å². The standard InChI is InChI=1S/C17H22N4O4S/c22-15(20-5-9-23-10-6-20)12-26-17-19-18-16(14-4-2-8-25-14)21(17)11-13-3-1-7-24-13/h2,4,8,13H,1,3,5-7,9-12H2. The van der Waals surface area contributed by atoms with Gasteiger partial charge in [-0.25, -0.2) is 0 Å². The predicted octanol–water partition coefficient (Wildman–Crippen LogP) is 1.67. The van der Waals surface area contributed by atoms with E-state index in [1.165, 1.54) is 11.8 Å². The molecule has 2 aromatic rings. The molecule has 2 aliphatic heterocycles. The van der Waals surface area contributed by atoms with Gasteiger partial charge in [-0.05, 0) is 25.0 Å². The molecule has 2 fully saturated rings. The first kappa shape index (κ1) is 17.6. The fourth-order valence-corrected chi connectivity index (χ4v) is 4.02. The molecule has 0 spiro atoms. The van der Waals surface area contributed by atoms with Crippen LogP contribution in [-0.2, 0) is 20.8 Å². The van der Waals surface area contributed by atoms with Gasteiger partial charge in [0.2, 0.25) is 11.7 Å². The number of amides is 1. The summed E-state index contributed by atoms with van der Waals surface area (Å²) in [6.45, 7) is 3.97. The maximum Gasteiger partial charge on any atom is 0.233 e. The molecule has 0 N–H and O–H groups in total. The van der Waals surface area contributed by atoms with Crippen LogP contribution in [0.4, 0.5) is 0 Å². The van der Waals surface area contributed by atoms with Gasteiger partial charge >= 0.3 is 0 Å². The Kier molecular flexibility index (Phi) is 5.57. The van der Waals surface area contributed by atoms with Crippen molar-refractivity contribution in [1.29, 1.82) is 0 Å². The molecule has 0 saturated carbocycles. The predicted molar refractivity (Wildman–Crippen MR) is 94.8 cm³/mol. The zero-order chi connectivity index (χ0) is 17.8. The smallest absolute Gasteiger partial charge is 0.233 e. The number of ether oxygens (including phenoxy) is 2. The van der Waals surface area contributed by atoms with Gasteiger partial charge in [0, 0.05) is 19.7 Å². The molecule has 1 amide bonds. The zero-order valence-corrected chi connectivity index (χ0v) is 15.3. The Balaban J connectivity index is 1.48. The molecule has 2 aromatic heterocycles. The van der Waals surface area contributed by atoms with Crippen LogP contribution in [0.2, 0.25) is 0 Å². The van der Waals surface area contributed by atoms with E-state index in [0.29, 0.717) is 55.3 Å². The van der Waals surface area contributed by atoms with Crippen LogP contribution in [0.25, 0.3) is 11.6 Å². The molecule has 1 atom stereocenters. The summed E-state index contributed by atoms with van der Waals surface area (Å²) in [5.41, 5.74) is 0. The first-order valence-corrected chi connectivity index (χ1v) is 9.87. The average Bonchev–Trinajstić information content (AvgIpc) is 3.43. The number of hydrogen-bond acceptors (Lipinski definition) is 7. The van der Waals surface area contributed by atoms with Crippen molar-refractivity contribution in [3.8, 4) is 11.6 Å². The van der Waals surface area contributed by atoms with Crippen molar-refractivity contribution in [2.24, 2.45) is 0 Å². The van der Waals surface area contributed by atoms with Crippen molar-refractivity contribution in [3.63, 3.8) is 0 Å². The van der Waals surface area contributed by atoms with Crippen LogP contribution in [0, 0.1) is 0 Å². The van der Waals surface area contributed by atoms with Crippen LogP contribution >= 0.6 is 11.8 Å². The van der Waals surface area contributed by atoms with Gasteiger partial charge in [-0.3, -0.25) is 9.36 Å². The fraction of sp³-hybridized carbons (Fsp3) is 0.588. The molecular weight excluding hydrogens is 356 g/mol. The summed E-state index contributed by atoms with van der Waals surface area (Å²) in [5, 5.41) is 9.30. The molecule has 2 saturated heterocycles. The zero-order valence-electron chi connectivity index (χ0n) is 14.5. The Hall–Kier alpha value is -1.84. The van der Waals surface area contributed by atoms with Gasteiger partial charge in [0.15, 0.2) is 10.9 Å². The molecule has 8 nitrogen and oxygen atoms in total. The Bertz CT molecular complexity index is 721. The maximum atomic E-state index is 12.4. The summed E-state index contributed by atoms with van der Waals surface area (Å²) in [6, 6.07) is 3.69. The average molecular weight is 378 g/mol. The van der Waals surface area contributed by atoms with Crippen LogP contribution < -0.4 is 0 Å². The number of carbonyl (C=O) groups is 1. The summed E-state index contributed by atoms with van der Waals surface area (Å²) in [4.78, 5) is 14.2. The molecule has 1 unspecified atom stereocenters. The number of morpholine rings is 1. The van der Waals surface area contributed by atoms with Crippen LogP contribution in [-0.4, -0.2) is 70.3 Å². The van der Waals surface area contributed by atoms with E-state index in [2.05, 4.69) is 10.2 Å². The van der Waals surface area contributed by atoms with Crippen molar-refractivity contribution in [3.05, 3.63) is 18.4 Å². The normalized spacial score (nSPS) is 20.6. The van der Waals surface area contributed by atoms with E-state index in [4.69, 9.17) is 13.9 Å². The second-order valence-electron chi connectivity index (χ2n) is 6.31. The molecule has 0 radical (unpaired) electrons. The first-order valence-electron chi connectivity index (χ1n) is 8.88. The van der Waals surface area contributed by atoms with E-state index in [1.807, 2.05) is 21.6 Å². The van der Waals surface area contributed by atoms with E-state index in [0.717, 1.165) is 19.4 Å². The van der Waals surface area contributed by atoms with E-state index in [-0.39, 0.29) is 12.0 Å². The molecule has 4 heterocycles. The highest BCUT2D eigenvalue weighted by Gasteiger charge is 2.24. The number of nitrogens with zero attached hydrogens (tertiary/aromatic N) is 4.